The van der Waals surface area contributed by atoms with Crippen LogP contribution < -0.4 is 5.69 Å². The van der Waals surface area contributed by atoms with Crippen molar-refractivity contribution in [3.05, 3.63) is 58.8 Å². The van der Waals surface area contributed by atoms with Gasteiger partial charge in [0.05, 0.1) is 0 Å². The van der Waals surface area contributed by atoms with Gasteiger partial charge in [-0.2, -0.15) is 4.98 Å². The van der Waals surface area contributed by atoms with Crippen molar-refractivity contribution >= 4 is 11.1 Å². The lowest BCUT2D eigenvalue weighted by atomic mass is 10.1. The van der Waals surface area contributed by atoms with Gasteiger partial charge in [-0.25, -0.2) is 14.2 Å². The first-order valence-corrected chi connectivity index (χ1v) is 6.26. The Hall–Kier alpha value is -3.02. The summed E-state index contributed by atoms with van der Waals surface area (Å²) in [5.41, 5.74) is 2.10. The molecule has 2 aliphatic rings. The van der Waals surface area contributed by atoms with E-state index in [0.717, 1.165) is 11.1 Å². The summed E-state index contributed by atoms with van der Waals surface area (Å²) in [6, 6.07) is 11.6. The molecule has 0 aliphatic carbocycles. The van der Waals surface area contributed by atoms with Crippen LogP contribution in [0.1, 0.15) is 0 Å². The SMILES string of the molecule is O=c1nc2oc3cc(-c4cccc(F)c4)ccc3nc-2[nH]1. The largest absolute Gasteiger partial charge is 0.433 e. The Balaban J connectivity index is 1.95. The number of aromatic amines is 1. The van der Waals surface area contributed by atoms with Crippen molar-refractivity contribution < 1.29 is 8.81 Å². The second-order valence-electron chi connectivity index (χ2n) is 4.60. The molecule has 2 aromatic carbocycles. The minimum absolute atomic E-state index is 0.156. The first-order valence-electron chi connectivity index (χ1n) is 6.26. The minimum atomic E-state index is -0.498. The van der Waals surface area contributed by atoms with E-state index in [1.165, 1.54) is 12.1 Å². The molecule has 0 unspecified atom stereocenters. The number of hydrogen-bond donors (Lipinski definition) is 1. The molecule has 0 fully saturated rings. The lowest BCUT2D eigenvalue weighted by Crippen LogP contribution is -1.98. The second-order valence-corrected chi connectivity index (χ2v) is 4.60. The Morgan fingerprint density at radius 2 is 1.90 bits per heavy atom. The molecule has 1 N–H and O–H groups in total. The van der Waals surface area contributed by atoms with E-state index in [4.69, 9.17) is 4.42 Å². The predicted molar refractivity (Wildman–Crippen MR) is 74.4 cm³/mol. The van der Waals surface area contributed by atoms with Crippen LogP contribution in [-0.4, -0.2) is 15.0 Å². The zero-order chi connectivity index (χ0) is 14.4. The highest BCUT2D eigenvalue weighted by molar-refractivity contribution is 5.81. The highest BCUT2D eigenvalue weighted by atomic mass is 19.1. The molecule has 2 aliphatic heterocycles. The van der Waals surface area contributed by atoms with Crippen molar-refractivity contribution in [2.45, 2.75) is 0 Å². The van der Waals surface area contributed by atoms with E-state index in [1.54, 1.807) is 24.3 Å². The van der Waals surface area contributed by atoms with Gasteiger partial charge in [-0.15, -0.1) is 0 Å². The lowest BCUT2D eigenvalue weighted by molar-refractivity contribution is 0.595. The molecule has 21 heavy (non-hydrogen) atoms. The van der Waals surface area contributed by atoms with E-state index in [1.807, 2.05) is 6.07 Å². The number of benzene rings is 2. The lowest BCUT2D eigenvalue weighted by Gasteiger charge is -2.04. The van der Waals surface area contributed by atoms with Crippen LogP contribution in [0, 0.1) is 5.82 Å². The van der Waals surface area contributed by atoms with Gasteiger partial charge in [-0.3, -0.25) is 4.98 Å². The fourth-order valence-corrected chi connectivity index (χ4v) is 2.24. The Morgan fingerprint density at radius 3 is 2.76 bits per heavy atom. The third-order valence-corrected chi connectivity index (χ3v) is 3.19. The average Bonchev–Trinajstić information content (AvgIpc) is 2.83. The van der Waals surface area contributed by atoms with Crippen molar-refractivity contribution in [1.82, 2.24) is 15.0 Å². The number of rotatable bonds is 1. The van der Waals surface area contributed by atoms with Gasteiger partial charge in [0.2, 0.25) is 0 Å². The number of nitrogens with zero attached hydrogens (tertiary/aromatic N) is 2. The van der Waals surface area contributed by atoms with Gasteiger partial charge in [-0.05, 0) is 35.4 Å². The quantitative estimate of drug-likeness (QED) is 0.582. The number of nitrogens with one attached hydrogen (secondary N) is 1. The number of hydrogen-bond acceptors (Lipinski definition) is 4. The van der Waals surface area contributed by atoms with Crippen LogP contribution in [0.15, 0.2) is 51.7 Å². The number of halogens is 1. The van der Waals surface area contributed by atoms with E-state index >= 15 is 0 Å². The van der Waals surface area contributed by atoms with E-state index in [9.17, 15) is 9.18 Å². The molecule has 6 heteroatoms. The van der Waals surface area contributed by atoms with Crippen molar-refractivity contribution in [1.29, 1.82) is 0 Å². The zero-order valence-corrected chi connectivity index (χ0v) is 10.6. The highest BCUT2D eigenvalue weighted by Gasteiger charge is 2.14. The topological polar surface area (TPSA) is 71.8 Å². The van der Waals surface area contributed by atoms with Gasteiger partial charge in [0.25, 0.3) is 5.89 Å². The Bertz CT molecular complexity index is 990. The molecular weight excluding hydrogens is 273 g/mol. The van der Waals surface area contributed by atoms with E-state index in [0.29, 0.717) is 16.9 Å². The summed E-state index contributed by atoms with van der Waals surface area (Å²) in [4.78, 5) is 21.6. The molecule has 0 saturated heterocycles. The monoisotopic (exact) mass is 281 g/mol. The van der Waals surface area contributed by atoms with Crippen molar-refractivity contribution in [2.75, 3.05) is 0 Å². The summed E-state index contributed by atoms with van der Waals surface area (Å²) in [6.07, 6.45) is 0. The maximum Gasteiger partial charge on any atom is 0.350 e. The molecule has 0 bridgehead atoms. The van der Waals surface area contributed by atoms with Crippen LogP contribution in [0.2, 0.25) is 0 Å². The Labute approximate surface area is 117 Å². The van der Waals surface area contributed by atoms with Gasteiger partial charge in [0.15, 0.2) is 11.4 Å². The molecule has 5 nitrogen and oxygen atoms in total. The second kappa shape index (κ2) is 4.24. The standard InChI is InChI=1S/C15H8FN3O2/c16-10-3-1-2-8(6-10)9-4-5-11-12(7-9)21-14-13(17-11)18-15(20)19-14/h1-7H,(H,17,18,20). The van der Waals surface area contributed by atoms with E-state index in [-0.39, 0.29) is 11.7 Å². The smallest absolute Gasteiger partial charge is 0.350 e. The molecule has 2 heterocycles. The molecule has 4 rings (SSSR count). The van der Waals surface area contributed by atoms with Gasteiger partial charge < -0.3 is 4.42 Å². The maximum atomic E-state index is 13.3. The molecule has 102 valence electrons. The normalized spacial score (nSPS) is 11.3. The fraction of sp³-hybridized carbons (Fsp3) is 0. The molecule has 0 atom stereocenters. The van der Waals surface area contributed by atoms with Crippen molar-refractivity contribution in [3.63, 3.8) is 0 Å². The van der Waals surface area contributed by atoms with E-state index in [2.05, 4.69) is 15.0 Å². The number of imidazole rings is 1. The fourth-order valence-electron chi connectivity index (χ4n) is 2.24. The Morgan fingerprint density at radius 1 is 1.05 bits per heavy atom. The van der Waals surface area contributed by atoms with Crippen LogP contribution in [-0.2, 0) is 0 Å². The summed E-state index contributed by atoms with van der Waals surface area (Å²) in [6.45, 7) is 0. The molecule has 2 aromatic rings. The van der Waals surface area contributed by atoms with Gasteiger partial charge >= 0.3 is 5.69 Å². The van der Waals surface area contributed by atoms with Gasteiger partial charge in [0.1, 0.15) is 11.3 Å². The molecule has 0 aromatic heterocycles. The number of fused-ring (bicyclic) bond motifs is 2. The third kappa shape index (κ3) is 1.97. The summed E-state index contributed by atoms with van der Waals surface area (Å²) in [5, 5.41) is 0. The van der Waals surface area contributed by atoms with Crippen LogP contribution >= 0.6 is 0 Å². The molecule has 0 saturated carbocycles. The summed E-state index contributed by atoms with van der Waals surface area (Å²) < 4.78 is 18.9. The summed E-state index contributed by atoms with van der Waals surface area (Å²) in [5.74, 6) is 0.163. The number of aromatic nitrogens is 3. The highest BCUT2D eigenvalue weighted by Crippen LogP contribution is 2.26. The molecule has 0 spiro atoms. The predicted octanol–water partition coefficient (Wildman–Crippen LogP) is 2.82. The Kier molecular flexibility index (Phi) is 2.38. The van der Waals surface area contributed by atoms with Crippen LogP contribution in [0.25, 0.3) is 33.9 Å². The summed E-state index contributed by atoms with van der Waals surface area (Å²) in [7, 11) is 0. The van der Waals surface area contributed by atoms with Crippen molar-refractivity contribution in [2.24, 2.45) is 0 Å². The zero-order valence-electron chi connectivity index (χ0n) is 10.6. The summed E-state index contributed by atoms with van der Waals surface area (Å²) >= 11 is 0. The van der Waals surface area contributed by atoms with E-state index < -0.39 is 5.69 Å². The maximum absolute atomic E-state index is 13.3. The van der Waals surface area contributed by atoms with Crippen LogP contribution in [0.4, 0.5) is 4.39 Å². The molecule has 0 amide bonds. The number of H-pyrrole nitrogens is 1. The first kappa shape index (κ1) is 11.8. The van der Waals surface area contributed by atoms with Crippen LogP contribution in [0.5, 0.6) is 0 Å². The average molecular weight is 281 g/mol. The van der Waals surface area contributed by atoms with Crippen molar-refractivity contribution in [3.8, 4) is 22.8 Å². The third-order valence-electron chi connectivity index (χ3n) is 3.19. The molecule has 0 radical (unpaired) electrons. The van der Waals surface area contributed by atoms with Gasteiger partial charge in [-0.1, -0.05) is 18.2 Å². The molecular formula is C15H8FN3O2. The minimum Gasteiger partial charge on any atom is -0.433 e. The van der Waals surface area contributed by atoms with Gasteiger partial charge in [0, 0.05) is 0 Å². The first-order chi connectivity index (χ1) is 10.2. The van der Waals surface area contributed by atoms with Crippen LogP contribution in [0.3, 0.4) is 0 Å².